The van der Waals surface area contributed by atoms with Gasteiger partial charge in [-0.3, -0.25) is 14.6 Å². The first-order valence-electron chi connectivity index (χ1n) is 8.10. The molecule has 0 bridgehead atoms. The van der Waals surface area contributed by atoms with Gasteiger partial charge in [0.15, 0.2) is 0 Å². The molecule has 126 valence electrons. The number of hydrogen-bond donors (Lipinski definition) is 0. The molecule has 1 atom stereocenters. The zero-order valence-corrected chi connectivity index (χ0v) is 13.9. The van der Waals surface area contributed by atoms with E-state index in [1.54, 1.807) is 17.3 Å². The first kappa shape index (κ1) is 17.4. The molecule has 0 N–H and O–H groups in total. The van der Waals surface area contributed by atoms with Crippen molar-refractivity contribution in [1.82, 2.24) is 14.8 Å². The summed E-state index contributed by atoms with van der Waals surface area (Å²) in [6.45, 7) is 4.51. The van der Waals surface area contributed by atoms with Crippen molar-refractivity contribution < 1.29 is 14.3 Å². The fourth-order valence-electron chi connectivity index (χ4n) is 2.93. The zero-order valence-electron chi connectivity index (χ0n) is 13.9. The van der Waals surface area contributed by atoms with Gasteiger partial charge in [0.2, 0.25) is 11.8 Å². The molecule has 0 aliphatic carbocycles. The summed E-state index contributed by atoms with van der Waals surface area (Å²) in [4.78, 5) is 32.4. The number of carbonyl (C=O) groups excluding carboxylic acids is 2. The minimum atomic E-state index is -0.119. The Kier molecular flexibility index (Phi) is 6.52. The van der Waals surface area contributed by atoms with Crippen LogP contribution >= 0.6 is 0 Å². The van der Waals surface area contributed by atoms with Gasteiger partial charge >= 0.3 is 0 Å². The molecule has 2 rings (SSSR count). The molecule has 1 aromatic rings. The minimum Gasteiger partial charge on any atom is -0.375 e. The average Bonchev–Trinajstić information content (AvgIpc) is 2.60. The van der Waals surface area contributed by atoms with Gasteiger partial charge in [0.1, 0.15) is 6.61 Å². The van der Waals surface area contributed by atoms with Crippen molar-refractivity contribution in [1.29, 1.82) is 0 Å². The number of piperidine rings is 1. The standard InChI is InChI=1S/C17H25N3O3/c1-3-19(11-14-6-8-18-9-7-14)17(22)15-5-4-10-20(12-15)16(21)13-23-2/h6-9,15H,3-5,10-13H2,1-2H3/t15-/m1/s1. The maximum absolute atomic E-state index is 12.8. The van der Waals surface area contributed by atoms with Crippen LogP contribution in [0.25, 0.3) is 0 Å². The largest absolute Gasteiger partial charge is 0.375 e. The second-order valence-corrected chi connectivity index (χ2v) is 5.82. The summed E-state index contributed by atoms with van der Waals surface area (Å²) in [5.74, 6) is -0.0345. The van der Waals surface area contributed by atoms with Crippen LogP contribution in [0, 0.1) is 5.92 Å². The maximum Gasteiger partial charge on any atom is 0.248 e. The quantitative estimate of drug-likeness (QED) is 0.793. The number of nitrogens with zero attached hydrogens (tertiary/aromatic N) is 3. The van der Waals surface area contributed by atoms with E-state index in [0.717, 1.165) is 18.4 Å². The van der Waals surface area contributed by atoms with Crippen LogP contribution in [0.1, 0.15) is 25.3 Å². The number of likely N-dealkylation sites (tertiary alicyclic amines) is 1. The molecule has 0 aromatic carbocycles. The van der Waals surface area contributed by atoms with Gasteiger partial charge in [-0.15, -0.1) is 0 Å². The van der Waals surface area contributed by atoms with Crippen LogP contribution in [0.15, 0.2) is 24.5 Å². The van der Waals surface area contributed by atoms with Crippen LogP contribution in [0.4, 0.5) is 0 Å². The van der Waals surface area contributed by atoms with Crippen molar-refractivity contribution in [2.45, 2.75) is 26.3 Å². The van der Waals surface area contributed by atoms with Crippen molar-refractivity contribution in [2.75, 3.05) is 33.4 Å². The Morgan fingerprint density at radius 1 is 1.39 bits per heavy atom. The zero-order chi connectivity index (χ0) is 16.7. The first-order chi connectivity index (χ1) is 11.2. The maximum atomic E-state index is 12.8. The number of methoxy groups -OCH3 is 1. The highest BCUT2D eigenvalue weighted by Gasteiger charge is 2.30. The normalized spacial score (nSPS) is 17.8. The summed E-state index contributed by atoms with van der Waals surface area (Å²) in [5.41, 5.74) is 1.07. The van der Waals surface area contributed by atoms with Gasteiger partial charge in [-0.25, -0.2) is 0 Å². The molecular weight excluding hydrogens is 294 g/mol. The van der Waals surface area contributed by atoms with Crippen molar-refractivity contribution in [2.24, 2.45) is 5.92 Å². The summed E-state index contributed by atoms with van der Waals surface area (Å²) >= 11 is 0. The summed E-state index contributed by atoms with van der Waals surface area (Å²) in [6, 6.07) is 3.84. The molecule has 0 unspecified atom stereocenters. The number of aromatic nitrogens is 1. The molecule has 23 heavy (non-hydrogen) atoms. The number of rotatable bonds is 6. The van der Waals surface area contributed by atoms with E-state index in [0.29, 0.717) is 26.2 Å². The van der Waals surface area contributed by atoms with Crippen molar-refractivity contribution >= 4 is 11.8 Å². The highest BCUT2D eigenvalue weighted by Crippen LogP contribution is 2.20. The van der Waals surface area contributed by atoms with E-state index in [1.807, 2.05) is 24.0 Å². The molecule has 0 radical (unpaired) electrons. The van der Waals surface area contributed by atoms with Crippen LogP contribution in [-0.2, 0) is 20.9 Å². The molecule has 0 spiro atoms. The minimum absolute atomic E-state index is 0.0396. The first-order valence-corrected chi connectivity index (χ1v) is 8.10. The van der Waals surface area contributed by atoms with Gasteiger partial charge in [0.25, 0.3) is 0 Å². The predicted octanol–water partition coefficient (Wildman–Crippen LogP) is 1.32. The molecule has 2 heterocycles. The second-order valence-electron chi connectivity index (χ2n) is 5.82. The van der Waals surface area contributed by atoms with Gasteiger partial charge < -0.3 is 14.5 Å². The molecule has 1 saturated heterocycles. The summed E-state index contributed by atoms with van der Waals surface area (Å²) in [6.07, 6.45) is 5.17. The van der Waals surface area contributed by atoms with Crippen molar-refractivity contribution in [3.63, 3.8) is 0 Å². The molecule has 0 saturated carbocycles. The Morgan fingerprint density at radius 3 is 2.78 bits per heavy atom. The Balaban J connectivity index is 1.98. The number of ether oxygens (including phenoxy) is 1. The van der Waals surface area contributed by atoms with Crippen molar-refractivity contribution in [3.8, 4) is 0 Å². The number of pyridine rings is 1. The number of hydrogen-bond acceptors (Lipinski definition) is 4. The summed E-state index contributed by atoms with van der Waals surface area (Å²) in [7, 11) is 1.51. The third-order valence-corrected chi connectivity index (χ3v) is 4.21. The molecule has 1 aliphatic rings. The summed E-state index contributed by atoms with van der Waals surface area (Å²) < 4.78 is 4.91. The van der Waals surface area contributed by atoms with Crippen LogP contribution < -0.4 is 0 Å². The van der Waals surface area contributed by atoms with E-state index >= 15 is 0 Å². The second kappa shape index (κ2) is 8.62. The van der Waals surface area contributed by atoms with Crippen LogP contribution in [0.3, 0.4) is 0 Å². The van der Waals surface area contributed by atoms with E-state index < -0.39 is 0 Å². The fraction of sp³-hybridized carbons (Fsp3) is 0.588. The number of carbonyl (C=O) groups is 2. The van der Waals surface area contributed by atoms with E-state index in [9.17, 15) is 9.59 Å². The molecule has 6 nitrogen and oxygen atoms in total. The summed E-state index contributed by atoms with van der Waals surface area (Å²) in [5, 5.41) is 0. The molecule has 6 heteroatoms. The smallest absolute Gasteiger partial charge is 0.248 e. The topological polar surface area (TPSA) is 62.7 Å². The van der Waals surface area contributed by atoms with Crippen molar-refractivity contribution in [3.05, 3.63) is 30.1 Å². The SMILES string of the molecule is CCN(Cc1ccncc1)C(=O)[C@@H]1CCCN(C(=O)COC)C1. The third-order valence-electron chi connectivity index (χ3n) is 4.21. The lowest BCUT2D eigenvalue weighted by molar-refractivity contribution is -0.142. The fourth-order valence-corrected chi connectivity index (χ4v) is 2.93. The molecule has 1 aromatic heterocycles. The lowest BCUT2D eigenvalue weighted by Gasteiger charge is -2.34. The number of amides is 2. The predicted molar refractivity (Wildman–Crippen MR) is 86.5 cm³/mol. The monoisotopic (exact) mass is 319 g/mol. The van der Waals surface area contributed by atoms with Gasteiger partial charge in [-0.2, -0.15) is 0 Å². The third kappa shape index (κ3) is 4.76. The van der Waals surface area contributed by atoms with Gasteiger partial charge in [0.05, 0.1) is 5.92 Å². The highest BCUT2D eigenvalue weighted by molar-refractivity contribution is 5.82. The van der Waals surface area contributed by atoms with E-state index in [4.69, 9.17) is 4.74 Å². The lowest BCUT2D eigenvalue weighted by Crippen LogP contribution is -2.47. The van der Waals surface area contributed by atoms with E-state index in [-0.39, 0.29) is 24.3 Å². The van der Waals surface area contributed by atoms with Crippen LogP contribution in [0.2, 0.25) is 0 Å². The highest BCUT2D eigenvalue weighted by atomic mass is 16.5. The average molecular weight is 319 g/mol. The Bertz CT molecular complexity index is 521. The Morgan fingerprint density at radius 2 is 2.13 bits per heavy atom. The van der Waals surface area contributed by atoms with Crippen LogP contribution in [0.5, 0.6) is 0 Å². The Hall–Kier alpha value is -1.95. The molecule has 1 aliphatic heterocycles. The van der Waals surface area contributed by atoms with Gasteiger partial charge in [0, 0.05) is 45.7 Å². The lowest BCUT2D eigenvalue weighted by atomic mass is 9.96. The van der Waals surface area contributed by atoms with E-state index in [2.05, 4.69) is 4.98 Å². The molecular formula is C17H25N3O3. The van der Waals surface area contributed by atoms with Crippen LogP contribution in [-0.4, -0.2) is 59.9 Å². The van der Waals surface area contributed by atoms with Gasteiger partial charge in [-0.05, 0) is 37.5 Å². The molecule has 2 amide bonds. The van der Waals surface area contributed by atoms with E-state index in [1.165, 1.54) is 7.11 Å². The molecule has 1 fully saturated rings. The Labute approximate surface area is 137 Å². The van der Waals surface area contributed by atoms with Gasteiger partial charge in [-0.1, -0.05) is 0 Å².